The first-order valence-corrected chi connectivity index (χ1v) is 7.53. The maximum atomic E-state index is 14.0. The Bertz CT molecular complexity index is 518. The number of hydrogen-bond donors (Lipinski definition) is 0. The molecule has 2 rings (SSSR count). The summed E-state index contributed by atoms with van der Waals surface area (Å²) in [7, 11) is 1.26. The molecule has 1 heterocycles. The molecule has 3 atom stereocenters. The Morgan fingerprint density at radius 2 is 2.10 bits per heavy atom. The van der Waals surface area contributed by atoms with Crippen LogP contribution >= 0.6 is 0 Å². The zero-order valence-corrected chi connectivity index (χ0v) is 13.2. The van der Waals surface area contributed by atoms with Crippen LogP contribution in [0.1, 0.15) is 43.1 Å². The van der Waals surface area contributed by atoms with Gasteiger partial charge in [-0.15, -0.1) is 0 Å². The zero-order chi connectivity index (χ0) is 15.6. The number of halogens is 1. The fraction of sp³-hybridized carbons (Fsp3) is 0.588. The number of likely N-dealkylation sites (tertiary alicyclic amines) is 1. The quantitative estimate of drug-likeness (QED) is 0.799. The van der Waals surface area contributed by atoms with Crippen LogP contribution in [0.15, 0.2) is 18.2 Å². The molecule has 4 heteroatoms. The monoisotopic (exact) mass is 293 g/mol. The van der Waals surface area contributed by atoms with Crippen molar-refractivity contribution in [1.29, 1.82) is 0 Å². The molecule has 0 radical (unpaired) electrons. The van der Waals surface area contributed by atoms with Crippen molar-refractivity contribution in [2.45, 2.75) is 39.8 Å². The van der Waals surface area contributed by atoms with E-state index in [9.17, 15) is 9.18 Å². The van der Waals surface area contributed by atoms with Gasteiger partial charge >= 0.3 is 5.97 Å². The molecular formula is C17H24FNO2. The second-order valence-electron chi connectivity index (χ2n) is 6.29. The largest absolute Gasteiger partial charge is 0.465 e. The third kappa shape index (κ3) is 3.62. The lowest BCUT2D eigenvalue weighted by Gasteiger charge is -2.41. The molecule has 0 amide bonds. The lowest BCUT2D eigenvalue weighted by molar-refractivity contribution is 0.0595. The van der Waals surface area contributed by atoms with Gasteiger partial charge in [-0.25, -0.2) is 9.18 Å². The van der Waals surface area contributed by atoms with Crippen LogP contribution in [-0.2, 0) is 11.3 Å². The van der Waals surface area contributed by atoms with E-state index in [4.69, 9.17) is 0 Å². The Labute approximate surface area is 126 Å². The van der Waals surface area contributed by atoms with Gasteiger partial charge in [-0.2, -0.15) is 0 Å². The van der Waals surface area contributed by atoms with Gasteiger partial charge < -0.3 is 4.74 Å². The van der Waals surface area contributed by atoms with Crippen LogP contribution in [0.25, 0.3) is 0 Å². The van der Waals surface area contributed by atoms with Crippen molar-refractivity contribution in [3.63, 3.8) is 0 Å². The highest BCUT2D eigenvalue weighted by Gasteiger charge is 2.28. The molecule has 1 saturated heterocycles. The summed E-state index contributed by atoms with van der Waals surface area (Å²) in [5.41, 5.74) is 0.892. The number of methoxy groups -OCH3 is 1. The molecule has 1 aliphatic rings. The molecule has 0 N–H and O–H groups in total. The van der Waals surface area contributed by atoms with Crippen LogP contribution in [0.5, 0.6) is 0 Å². The van der Waals surface area contributed by atoms with Crippen LogP contribution in [0.2, 0.25) is 0 Å². The maximum Gasteiger partial charge on any atom is 0.340 e. The zero-order valence-electron chi connectivity index (χ0n) is 13.2. The Hall–Kier alpha value is -1.42. The van der Waals surface area contributed by atoms with Gasteiger partial charge in [0.15, 0.2) is 0 Å². The van der Waals surface area contributed by atoms with Crippen LogP contribution < -0.4 is 0 Å². The second kappa shape index (κ2) is 6.56. The summed E-state index contributed by atoms with van der Waals surface area (Å²) in [6.45, 7) is 8.51. The van der Waals surface area contributed by atoms with E-state index in [0.717, 1.165) is 12.1 Å². The summed E-state index contributed by atoms with van der Waals surface area (Å²) in [6.07, 6.45) is 1.24. The van der Waals surface area contributed by atoms with E-state index in [-0.39, 0.29) is 5.56 Å². The van der Waals surface area contributed by atoms with E-state index in [1.807, 2.05) is 6.07 Å². The number of ether oxygens (including phenoxy) is 1. The number of piperidine rings is 1. The number of rotatable bonds is 3. The van der Waals surface area contributed by atoms with Crippen LogP contribution in [0.4, 0.5) is 4.39 Å². The molecule has 3 unspecified atom stereocenters. The lowest BCUT2D eigenvalue weighted by atomic mass is 9.86. The Kier molecular flexibility index (Phi) is 4.99. The first-order chi connectivity index (χ1) is 9.92. The minimum atomic E-state index is -0.632. The molecule has 1 aromatic carbocycles. The van der Waals surface area contributed by atoms with Crippen molar-refractivity contribution in [1.82, 2.24) is 4.90 Å². The summed E-state index contributed by atoms with van der Waals surface area (Å²) >= 11 is 0. The predicted molar refractivity (Wildman–Crippen MR) is 80.6 cm³/mol. The molecule has 3 nitrogen and oxygen atoms in total. The molecule has 0 saturated carbocycles. The molecule has 0 spiro atoms. The van der Waals surface area contributed by atoms with Gasteiger partial charge in [0.05, 0.1) is 12.7 Å². The van der Waals surface area contributed by atoms with Gasteiger partial charge in [0.2, 0.25) is 0 Å². The van der Waals surface area contributed by atoms with Crippen molar-refractivity contribution < 1.29 is 13.9 Å². The number of esters is 1. The highest BCUT2D eigenvalue weighted by molar-refractivity contribution is 5.89. The van der Waals surface area contributed by atoms with Crippen LogP contribution in [-0.4, -0.2) is 30.6 Å². The minimum Gasteiger partial charge on any atom is -0.465 e. The number of carbonyl (C=O) groups excluding carboxylic acids is 1. The van der Waals surface area contributed by atoms with E-state index in [1.165, 1.54) is 25.7 Å². The Morgan fingerprint density at radius 3 is 2.71 bits per heavy atom. The van der Waals surface area contributed by atoms with Crippen LogP contribution in [0.3, 0.4) is 0 Å². The summed E-state index contributed by atoms with van der Waals surface area (Å²) in [5.74, 6) is 0.168. The van der Waals surface area contributed by atoms with Gasteiger partial charge in [0, 0.05) is 19.1 Å². The number of nitrogens with zero attached hydrogens (tertiary/aromatic N) is 1. The van der Waals surface area contributed by atoms with E-state index in [1.54, 1.807) is 0 Å². The Balaban J connectivity index is 2.12. The number of benzene rings is 1. The third-order valence-electron chi connectivity index (χ3n) is 4.54. The normalized spacial score (nSPS) is 26.6. The highest BCUT2D eigenvalue weighted by Crippen LogP contribution is 2.28. The first kappa shape index (κ1) is 16.0. The average molecular weight is 293 g/mol. The maximum absolute atomic E-state index is 14.0. The SMILES string of the molecule is COC(=O)c1ccc(CN2CC(C)CC(C)C2C)cc1F. The predicted octanol–water partition coefficient (Wildman–Crippen LogP) is 3.48. The Morgan fingerprint density at radius 1 is 1.38 bits per heavy atom. The van der Waals surface area contributed by atoms with Crippen molar-refractivity contribution in [2.24, 2.45) is 11.8 Å². The van der Waals surface area contributed by atoms with E-state index < -0.39 is 11.8 Å². The third-order valence-corrected chi connectivity index (χ3v) is 4.54. The van der Waals surface area contributed by atoms with Crippen molar-refractivity contribution in [3.8, 4) is 0 Å². The molecular weight excluding hydrogens is 269 g/mol. The lowest BCUT2D eigenvalue weighted by Crippen LogP contribution is -2.45. The fourth-order valence-corrected chi connectivity index (χ4v) is 3.21. The van der Waals surface area contributed by atoms with E-state index in [2.05, 4.69) is 30.4 Å². The van der Waals surface area contributed by atoms with Crippen molar-refractivity contribution >= 4 is 5.97 Å². The summed E-state index contributed by atoms with van der Waals surface area (Å²) in [5, 5.41) is 0. The van der Waals surface area contributed by atoms with Gasteiger partial charge in [-0.3, -0.25) is 4.90 Å². The molecule has 1 aliphatic heterocycles. The molecule has 1 aromatic rings. The summed E-state index contributed by atoms with van der Waals surface area (Å²) in [6, 6.07) is 5.26. The highest BCUT2D eigenvalue weighted by atomic mass is 19.1. The van der Waals surface area contributed by atoms with Gasteiger partial charge in [-0.1, -0.05) is 19.9 Å². The summed E-state index contributed by atoms with van der Waals surface area (Å²) in [4.78, 5) is 13.8. The molecule has 1 fully saturated rings. The van der Waals surface area contributed by atoms with Gasteiger partial charge in [-0.05, 0) is 42.9 Å². The minimum absolute atomic E-state index is 0.00493. The van der Waals surface area contributed by atoms with Crippen molar-refractivity contribution in [2.75, 3.05) is 13.7 Å². The fourth-order valence-electron chi connectivity index (χ4n) is 3.21. The molecule has 0 bridgehead atoms. The standard InChI is InChI=1S/C17H24FNO2/c1-11-7-12(2)13(3)19(9-11)10-14-5-6-15(16(18)8-14)17(20)21-4/h5-6,8,11-13H,7,9-10H2,1-4H3. The number of carbonyl (C=O) groups is 1. The van der Waals surface area contributed by atoms with Gasteiger partial charge in [0.25, 0.3) is 0 Å². The molecule has 0 aliphatic carbocycles. The number of hydrogen-bond acceptors (Lipinski definition) is 3. The summed E-state index contributed by atoms with van der Waals surface area (Å²) < 4.78 is 18.5. The van der Waals surface area contributed by atoms with E-state index in [0.29, 0.717) is 24.4 Å². The average Bonchev–Trinajstić information content (AvgIpc) is 2.43. The molecule has 21 heavy (non-hydrogen) atoms. The topological polar surface area (TPSA) is 29.5 Å². The van der Waals surface area contributed by atoms with Gasteiger partial charge in [0.1, 0.15) is 5.82 Å². The smallest absolute Gasteiger partial charge is 0.340 e. The van der Waals surface area contributed by atoms with E-state index >= 15 is 0 Å². The molecule has 116 valence electrons. The van der Waals surface area contributed by atoms with Crippen molar-refractivity contribution in [3.05, 3.63) is 35.1 Å². The van der Waals surface area contributed by atoms with Crippen LogP contribution in [0, 0.1) is 17.7 Å². The second-order valence-corrected chi connectivity index (χ2v) is 6.29. The first-order valence-electron chi connectivity index (χ1n) is 7.53. The molecule has 0 aromatic heterocycles.